The van der Waals surface area contributed by atoms with Crippen LogP contribution < -0.4 is 5.56 Å². The van der Waals surface area contributed by atoms with Crippen molar-refractivity contribution in [3.8, 4) is 5.82 Å². The minimum Gasteiger partial charge on any atom is -0.298 e. The number of aromatic nitrogens is 4. The smallest absolute Gasteiger partial charge is 0.266 e. The lowest BCUT2D eigenvalue weighted by atomic mass is 9.89. The third-order valence-electron chi connectivity index (χ3n) is 5.72. The van der Waals surface area contributed by atoms with Gasteiger partial charge in [0.1, 0.15) is 6.33 Å². The second-order valence-electron chi connectivity index (χ2n) is 7.48. The molecule has 1 unspecified atom stereocenters. The van der Waals surface area contributed by atoms with Crippen LogP contribution in [0.1, 0.15) is 44.9 Å². The molecule has 2 aromatic heterocycles. The normalized spacial score (nSPS) is 22.5. The van der Waals surface area contributed by atoms with Crippen molar-refractivity contribution in [3.05, 3.63) is 41.2 Å². The molecule has 6 nitrogen and oxygen atoms in total. The summed E-state index contributed by atoms with van der Waals surface area (Å²) in [6.45, 7) is 3.05. The highest BCUT2D eigenvalue weighted by molar-refractivity contribution is 5.19. The molecule has 1 atom stereocenters. The molecule has 1 aliphatic heterocycles. The summed E-state index contributed by atoms with van der Waals surface area (Å²) < 4.78 is 3.48. The van der Waals surface area contributed by atoms with Gasteiger partial charge in [0, 0.05) is 31.0 Å². The minimum absolute atomic E-state index is 0.0200. The standard InChI is InChI=1S/C19H27N5O/c25-19-9-8-18(23-12-10-20-15-23)21-24(19)14-17-7-4-11-22(17)13-16-5-2-1-3-6-16/h8-10,12,15-17H,1-7,11,13-14H2. The van der Waals surface area contributed by atoms with Crippen molar-refractivity contribution >= 4 is 0 Å². The van der Waals surface area contributed by atoms with Gasteiger partial charge in [-0.05, 0) is 44.2 Å². The van der Waals surface area contributed by atoms with Crippen molar-refractivity contribution in [1.82, 2.24) is 24.2 Å². The van der Waals surface area contributed by atoms with Crippen molar-refractivity contribution in [3.63, 3.8) is 0 Å². The summed E-state index contributed by atoms with van der Waals surface area (Å²) in [6, 6.07) is 3.81. The van der Waals surface area contributed by atoms with Crippen LogP contribution in [-0.4, -0.2) is 43.4 Å². The zero-order chi connectivity index (χ0) is 17.1. The zero-order valence-electron chi connectivity index (χ0n) is 14.8. The quantitative estimate of drug-likeness (QED) is 0.838. The average Bonchev–Trinajstić information content (AvgIpc) is 3.30. The fourth-order valence-corrected chi connectivity index (χ4v) is 4.34. The van der Waals surface area contributed by atoms with Crippen molar-refractivity contribution in [2.24, 2.45) is 5.92 Å². The first-order chi connectivity index (χ1) is 12.3. The molecule has 0 spiro atoms. The minimum atomic E-state index is -0.0200. The highest BCUT2D eigenvalue weighted by Gasteiger charge is 2.28. The predicted octanol–water partition coefficient (Wildman–Crippen LogP) is 2.47. The van der Waals surface area contributed by atoms with Gasteiger partial charge in [-0.3, -0.25) is 14.3 Å². The Labute approximate surface area is 148 Å². The van der Waals surface area contributed by atoms with Gasteiger partial charge in [0.2, 0.25) is 0 Å². The molecule has 0 aromatic carbocycles. The first-order valence-electron chi connectivity index (χ1n) is 9.60. The maximum Gasteiger partial charge on any atom is 0.266 e. The molecule has 1 saturated heterocycles. The first kappa shape index (κ1) is 16.5. The SMILES string of the molecule is O=c1ccc(-n2ccnc2)nn1CC1CCCN1CC1CCCCC1. The van der Waals surface area contributed by atoms with Crippen molar-refractivity contribution in [2.45, 2.75) is 57.5 Å². The molecule has 1 saturated carbocycles. The monoisotopic (exact) mass is 341 g/mol. The van der Waals surface area contributed by atoms with E-state index in [1.165, 1.54) is 45.1 Å². The molecule has 2 fully saturated rings. The highest BCUT2D eigenvalue weighted by atomic mass is 16.1. The van der Waals surface area contributed by atoms with Crippen LogP contribution in [0.15, 0.2) is 35.6 Å². The second-order valence-corrected chi connectivity index (χ2v) is 7.48. The van der Waals surface area contributed by atoms with E-state index in [0.717, 1.165) is 24.7 Å². The Morgan fingerprint density at radius 1 is 1.04 bits per heavy atom. The van der Waals surface area contributed by atoms with Crippen LogP contribution in [0, 0.1) is 5.92 Å². The van der Waals surface area contributed by atoms with Crippen LogP contribution in [0.4, 0.5) is 0 Å². The molecular weight excluding hydrogens is 314 g/mol. The Hall–Kier alpha value is -1.95. The van der Waals surface area contributed by atoms with E-state index in [2.05, 4.69) is 15.0 Å². The largest absolute Gasteiger partial charge is 0.298 e. The molecule has 2 aromatic rings. The van der Waals surface area contributed by atoms with Crippen LogP contribution in [0.2, 0.25) is 0 Å². The van der Waals surface area contributed by atoms with Crippen molar-refractivity contribution in [1.29, 1.82) is 0 Å². The van der Waals surface area contributed by atoms with Gasteiger partial charge in [0.05, 0.1) is 6.54 Å². The van der Waals surface area contributed by atoms with Crippen LogP contribution in [-0.2, 0) is 6.54 Å². The number of nitrogens with zero attached hydrogens (tertiary/aromatic N) is 5. The van der Waals surface area contributed by atoms with Gasteiger partial charge in [-0.2, -0.15) is 5.10 Å². The van der Waals surface area contributed by atoms with Crippen LogP contribution in [0.3, 0.4) is 0 Å². The lowest BCUT2D eigenvalue weighted by molar-refractivity contribution is 0.171. The Kier molecular flexibility index (Phi) is 4.97. The van der Waals surface area contributed by atoms with E-state index >= 15 is 0 Å². The summed E-state index contributed by atoms with van der Waals surface area (Å²) in [5.41, 5.74) is -0.0200. The Bertz CT molecular complexity index is 733. The Morgan fingerprint density at radius 3 is 2.72 bits per heavy atom. The second kappa shape index (κ2) is 7.52. The van der Waals surface area contributed by atoms with Crippen molar-refractivity contribution in [2.75, 3.05) is 13.1 Å². The fourth-order valence-electron chi connectivity index (χ4n) is 4.34. The van der Waals surface area contributed by atoms with E-state index in [9.17, 15) is 4.79 Å². The van der Waals surface area contributed by atoms with Gasteiger partial charge < -0.3 is 0 Å². The maximum atomic E-state index is 12.3. The topological polar surface area (TPSA) is 56.0 Å². The van der Waals surface area contributed by atoms with Crippen LogP contribution in [0.5, 0.6) is 0 Å². The molecule has 4 rings (SSSR count). The summed E-state index contributed by atoms with van der Waals surface area (Å²) in [7, 11) is 0. The molecule has 0 N–H and O–H groups in total. The molecule has 6 heteroatoms. The Morgan fingerprint density at radius 2 is 1.92 bits per heavy atom. The Balaban J connectivity index is 1.47. The van der Waals surface area contributed by atoms with Gasteiger partial charge in [0.15, 0.2) is 5.82 Å². The van der Waals surface area contributed by atoms with Crippen molar-refractivity contribution < 1.29 is 0 Å². The number of likely N-dealkylation sites (tertiary alicyclic amines) is 1. The van der Waals surface area contributed by atoms with Gasteiger partial charge >= 0.3 is 0 Å². The first-order valence-corrected chi connectivity index (χ1v) is 9.60. The summed E-state index contributed by atoms with van der Waals surface area (Å²) in [5, 5.41) is 4.56. The van der Waals surface area contributed by atoms with E-state index in [0.29, 0.717) is 12.6 Å². The van der Waals surface area contributed by atoms with Gasteiger partial charge in [0.25, 0.3) is 5.56 Å². The summed E-state index contributed by atoms with van der Waals surface area (Å²) in [6.07, 6.45) is 14.6. The lowest BCUT2D eigenvalue weighted by Crippen LogP contribution is -2.39. The van der Waals surface area contributed by atoms with Gasteiger partial charge in [-0.1, -0.05) is 19.3 Å². The third kappa shape index (κ3) is 3.84. The molecule has 0 amide bonds. The van der Waals surface area contributed by atoms with E-state index < -0.39 is 0 Å². The summed E-state index contributed by atoms with van der Waals surface area (Å²) in [4.78, 5) is 18.9. The molecule has 3 heterocycles. The molecule has 1 aliphatic carbocycles. The van der Waals surface area contributed by atoms with Crippen LogP contribution >= 0.6 is 0 Å². The molecule has 0 radical (unpaired) electrons. The highest BCUT2D eigenvalue weighted by Crippen LogP contribution is 2.27. The zero-order valence-corrected chi connectivity index (χ0v) is 14.8. The number of imidazole rings is 1. The summed E-state index contributed by atoms with van der Waals surface area (Å²) >= 11 is 0. The lowest BCUT2D eigenvalue weighted by Gasteiger charge is -2.31. The van der Waals surface area contributed by atoms with E-state index in [1.807, 2.05) is 10.8 Å². The number of hydrogen-bond donors (Lipinski definition) is 0. The molecule has 0 bridgehead atoms. The van der Waals surface area contributed by atoms with E-state index in [4.69, 9.17) is 0 Å². The number of rotatable bonds is 5. The maximum absolute atomic E-state index is 12.3. The average molecular weight is 341 g/mol. The predicted molar refractivity (Wildman–Crippen MR) is 96.8 cm³/mol. The summed E-state index contributed by atoms with van der Waals surface area (Å²) in [5.74, 6) is 1.59. The van der Waals surface area contributed by atoms with Crippen LogP contribution in [0.25, 0.3) is 5.82 Å². The molecule has 25 heavy (non-hydrogen) atoms. The fraction of sp³-hybridized carbons (Fsp3) is 0.632. The van der Waals surface area contributed by atoms with Gasteiger partial charge in [-0.25, -0.2) is 9.67 Å². The molecular formula is C19H27N5O. The van der Waals surface area contributed by atoms with E-state index in [-0.39, 0.29) is 5.56 Å². The van der Waals surface area contributed by atoms with Gasteiger partial charge in [-0.15, -0.1) is 0 Å². The molecule has 2 aliphatic rings. The van der Waals surface area contributed by atoms with E-state index in [1.54, 1.807) is 29.3 Å². The third-order valence-corrected chi connectivity index (χ3v) is 5.72. The molecule has 134 valence electrons. The number of hydrogen-bond acceptors (Lipinski definition) is 4.